The number of aryl methyl sites for hydroxylation is 1. The molecule has 1 heterocycles. The first-order valence-corrected chi connectivity index (χ1v) is 7.72. The zero-order valence-corrected chi connectivity index (χ0v) is 13.5. The molecule has 1 aromatic heterocycles. The van der Waals surface area contributed by atoms with E-state index in [0.29, 0.717) is 28.8 Å². The zero-order chi connectivity index (χ0) is 16.3. The highest BCUT2D eigenvalue weighted by Crippen LogP contribution is 2.37. The summed E-state index contributed by atoms with van der Waals surface area (Å²) in [5.74, 6) is 0.0338. The van der Waals surface area contributed by atoms with Crippen molar-refractivity contribution in [2.75, 3.05) is 6.61 Å². The lowest BCUT2D eigenvalue weighted by atomic mass is 10.1. The van der Waals surface area contributed by atoms with Crippen molar-refractivity contribution in [3.63, 3.8) is 0 Å². The molecular formula is C17H17NO3S. The molecule has 0 aliphatic rings. The van der Waals surface area contributed by atoms with Crippen LogP contribution in [0.2, 0.25) is 0 Å². The molecule has 0 atom stereocenters. The maximum atomic E-state index is 11.1. The monoisotopic (exact) mass is 315 g/mol. The van der Waals surface area contributed by atoms with E-state index in [9.17, 15) is 4.79 Å². The number of thiophene rings is 1. The molecule has 1 N–H and O–H groups in total. The Morgan fingerprint density at radius 2 is 2.14 bits per heavy atom. The topological polar surface area (TPSA) is 50.9 Å². The second-order valence-electron chi connectivity index (χ2n) is 5.43. The van der Waals surface area contributed by atoms with Crippen molar-refractivity contribution in [1.82, 2.24) is 0 Å². The van der Waals surface area contributed by atoms with Crippen LogP contribution >= 0.6 is 11.3 Å². The van der Waals surface area contributed by atoms with Crippen molar-refractivity contribution >= 4 is 23.0 Å². The molecule has 0 aliphatic heterocycles. The van der Waals surface area contributed by atoms with Crippen molar-refractivity contribution in [3.8, 4) is 16.2 Å². The van der Waals surface area contributed by atoms with E-state index in [1.54, 1.807) is 19.1 Å². The number of aromatic carboxylic acids is 1. The molecule has 114 valence electrons. The van der Waals surface area contributed by atoms with Crippen LogP contribution in [0.5, 0.6) is 5.75 Å². The smallest absolute Gasteiger partial charge is 0.346 e. The van der Waals surface area contributed by atoms with Crippen molar-refractivity contribution in [3.05, 3.63) is 46.1 Å². The quantitative estimate of drug-likeness (QED) is 0.789. The van der Waals surface area contributed by atoms with Crippen LogP contribution in [-0.2, 0) is 0 Å². The highest BCUT2D eigenvalue weighted by molar-refractivity contribution is 7.17. The van der Waals surface area contributed by atoms with E-state index >= 15 is 0 Å². The maximum absolute atomic E-state index is 11.1. The SMILES string of the molecule is [C-]#[N+]c1cc(-c2cc(C)c(C(=O)O)s2)ccc1OCC(C)C. The molecule has 0 fully saturated rings. The third kappa shape index (κ3) is 3.46. The van der Waals surface area contributed by atoms with Gasteiger partial charge in [-0.05, 0) is 42.2 Å². The molecule has 1 aromatic carbocycles. The van der Waals surface area contributed by atoms with Crippen LogP contribution in [0.1, 0.15) is 29.1 Å². The van der Waals surface area contributed by atoms with E-state index in [4.69, 9.17) is 16.4 Å². The standard InChI is InChI=1S/C17H17NO3S/c1-10(2)9-21-14-6-5-12(8-13(14)18-4)15-7-11(3)16(22-15)17(19)20/h5-8,10H,9H2,1-3H3,(H,19,20). The molecule has 0 aliphatic carbocycles. The van der Waals surface area contributed by atoms with Crippen LogP contribution in [0.15, 0.2) is 24.3 Å². The van der Waals surface area contributed by atoms with Crippen LogP contribution in [0, 0.1) is 19.4 Å². The summed E-state index contributed by atoms with van der Waals surface area (Å²) in [4.78, 5) is 15.8. The normalized spacial score (nSPS) is 10.5. The Balaban J connectivity index is 2.35. The molecule has 4 nitrogen and oxygen atoms in total. The Kier molecular flexibility index (Phi) is 4.84. The van der Waals surface area contributed by atoms with E-state index in [1.807, 2.05) is 26.0 Å². The minimum Gasteiger partial charge on any atom is -0.504 e. The van der Waals surface area contributed by atoms with Gasteiger partial charge in [-0.3, -0.25) is 0 Å². The highest BCUT2D eigenvalue weighted by atomic mass is 32.1. The van der Waals surface area contributed by atoms with Gasteiger partial charge in [-0.2, -0.15) is 0 Å². The number of carbonyl (C=O) groups is 1. The summed E-state index contributed by atoms with van der Waals surface area (Å²) in [6.07, 6.45) is 0. The Labute approximate surface area is 133 Å². The summed E-state index contributed by atoms with van der Waals surface area (Å²) in [7, 11) is 0. The predicted molar refractivity (Wildman–Crippen MR) is 88.0 cm³/mol. The molecule has 5 heteroatoms. The van der Waals surface area contributed by atoms with Gasteiger partial charge in [0.25, 0.3) is 0 Å². The van der Waals surface area contributed by atoms with Gasteiger partial charge in [0.1, 0.15) is 10.6 Å². The van der Waals surface area contributed by atoms with Crippen LogP contribution < -0.4 is 4.74 Å². The van der Waals surface area contributed by atoms with Crippen LogP contribution in [0.25, 0.3) is 15.3 Å². The highest BCUT2D eigenvalue weighted by Gasteiger charge is 2.14. The van der Waals surface area contributed by atoms with Crippen LogP contribution in [-0.4, -0.2) is 17.7 Å². The van der Waals surface area contributed by atoms with Crippen molar-refractivity contribution in [2.45, 2.75) is 20.8 Å². The van der Waals surface area contributed by atoms with Crippen molar-refractivity contribution in [2.24, 2.45) is 5.92 Å². The third-order valence-corrected chi connectivity index (χ3v) is 4.32. The first kappa shape index (κ1) is 16.1. The number of carboxylic acids is 1. The van der Waals surface area contributed by atoms with Gasteiger partial charge in [0.05, 0.1) is 13.2 Å². The summed E-state index contributed by atoms with van der Waals surface area (Å²) >= 11 is 1.22. The first-order valence-electron chi connectivity index (χ1n) is 6.90. The van der Waals surface area contributed by atoms with E-state index < -0.39 is 5.97 Å². The molecule has 0 radical (unpaired) electrons. The molecule has 0 bridgehead atoms. The fourth-order valence-corrected chi connectivity index (χ4v) is 2.98. The summed E-state index contributed by atoms with van der Waals surface area (Å²) in [6, 6.07) is 7.23. The maximum Gasteiger partial charge on any atom is 0.346 e. The third-order valence-electron chi connectivity index (χ3n) is 3.05. The molecule has 2 aromatic rings. The molecule has 0 spiro atoms. The second kappa shape index (κ2) is 6.63. The molecule has 0 amide bonds. The Hall–Kier alpha value is -2.32. The number of nitrogens with zero attached hydrogens (tertiary/aromatic N) is 1. The van der Waals surface area contributed by atoms with Crippen LogP contribution in [0.3, 0.4) is 0 Å². The largest absolute Gasteiger partial charge is 0.504 e. The van der Waals surface area contributed by atoms with E-state index in [0.717, 1.165) is 16.0 Å². The predicted octanol–water partition coefficient (Wildman–Crippen LogP) is 5.01. The van der Waals surface area contributed by atoms with E-state index in [-0.39, 0.29) is 0 Å². The Morgan fingerprint density at radius 3 is 2.68 bits per heavy atom. The fraction of sp³-hybridized carbons (Fsp3) is 0.294. The molecule has 22 heavy (non-hydrogen) atoms. The van der Waals surface area contributed by atoms with Gasteiger partial charge in [0, 0.05) is 4.88 Å². The Morgan fingerprint density at radius 1 is 1.41 bits per heavy atom. The lowest BCUT2D eigenvalue weighted by Crippen LogP contribution is -2.04. The minimum absolute atomic E-state index is 0.333. The van der Waals surface area contributed by atoms with E-state index in [1.165, 1.54) is 11.3 Å². The van der Waals surface area contributed by atoms with Gasteiger partial charge < -0.3 is 9.84 Å². The molecule has 0 saturated carbocycles. The number of hydrogen-bond donors (Lipinski definition) is 1. The van der Waals surface area contributed by atoms with Crippen LogP contribution in [0.4, 0.5) is 5.69 Å². The molecular weight excluding hydrogens is 298 g/mol. The molecule has 0 saturated heterocycles. The summed E-state index contributed by atoms with van der Waals surface area (Å²) in [5, 5.41) is 9.13. The van der Waals surface area contributed by atoms with E-state index in [2.05, 4.69) is 4.85 Å². The number of benzene rings is 1. The van der Waals surface area contributed by atoms with Gasteiger partial charge in [-0.25, -0.2) is 9.64 Å². The second-order valence-corrected chi connectivity index (χ2v) is 6.48. The fourth-order valence-electron chi connectivity index (χ4n) is 1.97. The van der Waals surface area contributed by atoms with Gasteiger partial charge in [-0.1, -0.05) is 19.9 Å². The average molecular weight is 315 g/mol. The van der Waals surface area contributed by atoms with Gasteiger partial charge in [-0.15, -0.1) is 11.3 Å². The number of hydrogen-bond acceptors (Lipinski definition) is 3. The average Bonchev–Trinajstić information content (AvgIpc) is 2.87. The zero-order valence-electron chi connectivity index (χ0n) is 12.7. The summed E-state index contributed by atoms with van der Waals surface area (Å²) < 4.78 is 5.64. The molecule has 0 unspecified atom stereocenters. The summed E-state index contributed by atoms with van der Waals surface area (Å²) in [6.45, 7) is 13.7. The van der Waals surface area contributed by atoms with Gasteiger partial charge in [0.15, 0.2) is 0 Å². The van der Waals surface area contributed by atoms with Crippen molar-refractivity contribution in [1.29, 1.82) is 0 Å². The lowest BCUT2D eigenvalue weighted by molar-refractivity contribution is 0.0701. The summed E-state index contributed by atoms with van der Waals surface area (Å²) in [5.41, 5.74) is 2.02. The number of ether oxygens (including phenoxy) is 1. The number of rotatable bonds is 5. The van der Waals surface area contributed by atoms with Gasteiger partial charge in [0.2, 0.25) is 5.69 Å². The minimum atomic E-state index is -0.920. The number of carboxylic acid groups (broad SMARTS) is 1. The van der Waals surface area contributed by atoms with Crippen molar-refractivity contribution < 1.29 is 14.6 Å². The van der Waals surface area contributed by atoms with Gasteiger partial charge >= 0.3 is 5.97 Å². The lowest BCUT2D eigenvalue weighted by Gasteiger charge is -2.11. The Bertz CT molecular complexity index is 741. The molecule has 2 rings (SSSR count). The first-order chi connectivity index (χ1) is 10.4.